The van der Waals surface area contributed by atoms with E-state index < -0.39 is 0 Å². The van der Waals surface area contributed by atoms with Crippen molar-refractivity contribution in [2.45, 2.75) is 57.7 Å². The third kappa shape index (κ3) is 3.73. The van der Waals surface area contributed by atoms with Crippen LogP contribution in [-0.4, -0.2) is 36.4 Å². The first-order valence-electron chi connectivity index (χ1n) is 9.21. The lowest BCUT2D eigenvalue weighted by Gasteiger charge is -2.29. The summed E-state index contributed by atoms with van der Waals surface area (Å²) in [4.78, 5) is 14.7. The van der Waals surface area contributed by atoms with Crippen molar-refractivity contribution >= 4 is 6.03 Å². The quantitative estimate of drug-likeness (QED) is 0.859. The van der Waals surface area contributed by atoms with Crippen LogP contribution in [0.25, 0.3) is 0 Å². The van der Waals surface area contributed by atoms with Crippen LogP contribution in [0.1, 0.15) is 43.7 Å². The molecule has 25 heavy (non-hydrogen) atoms. The molecule has 0 saturated heterocycles. The van der Waals surface area contributed by atoms with Crippen LogP contribution in [0.4, 0.5) is 9.18 Å². The van der Waals surface area contributed by atoms with E-state index in [9.17, 15) is 9.18 Å². The minimum absolute atomic E-state index is 0.0106. The van der Waals surface area contributed by atoms with Crippen LogP contribution in [0.2, 0.25) is 0 Å². The van der Waals surface area contributed by atoms with Gasteiger partial charge in [-0.25, -0.2) is 9.18 Å². The minimum atomic E-state index is -0.295. The number of amides is 2. The predicted molar refractivity (Wildman–Crippen MR) is 90.8 cm³/mol. The summed E-state index contributed by atoms with van der Waals surface area (Å²) in [7, 11) is 0. The van der Waals surface area contributed by atoms with E-state index in [2.05, 4.69) is 12.2 Å². The van der Waals surface area contributed by atoms with Gasteiger partial charge in [0.2, 0.25) is 0 Å². The molecule has 5 nitrogen and oxygen atoms in total. The molecule has 0 spiro atoms. The number of urea groups is 1. The van der Waals surface area contributed by atoms with Crippen molar-refractivity contribution in [3.05, 3.63) is 29.1 Å². The van der Waals surface area contributed by atoms with Gasteiger partial charge >= 0.3 is 6.03 Å². The van der Waals surface area contributed by atoms with Crippen LogP contribution in [0.15, 0.2) is 12.1 Å². The maximum atomic E-state index is 13.8. The average Bonchev–Trinajstić information content (AvgIpc) is 3.47. The first-order valence-corrected chi connectivity index (χ1v) is 9.21. The van der Waals surface area contributed by atoms with E-state index in [4.69, 9.17) is 9.47 Å². The largest absolute Gasteiger partial charge is 0.467 e. The Morgan fingerprint density at radius 1 is 1.36 bits per heavy atom. The maximum Gasteiger partial charge on any atom is 0.317 e. The number of nitrogens with one attached hydrogen (secondary N) is 1. The highest BCUT2D eigenvalue weighted by molar-refractivity contribution is 5.75. The third-order valence-electron chi connectivity index (χ3n) is 5.34. The molecule has 3 aliphatic rings. The lowest BCUT2D eigenvalue weighted by Crippen LogP contribution is -2.47. The second kappa shape index (κ2) is 6.83. The molecule has 1 N–H and O–H groups in total. The number of halogens is 1. The highest BCUT2D eigenvalue weighted by Crippen LogP contribution is 2.39. The fourth-order valence-corrected chi connectivity index (χ4v) is 3.68. The Bertz CT molecular complexity index is 658. The van der Waals surface area contributed by atoms with Gasteiger partial charge in [-0.3, -0.25) is 0 Å². The van der Waals surface area contributed by atoms with E-state index in [1.807, 2.05) is 4.90 Å². The van der Waals surface area contributed by atoms with Crippen molar-refractivity contribution in [1.82, 2.24) is 10.2 Å². The van der Waals surface area contributed by atoms with E-state index in [0.717, 1.165) is 24.0 Å². The molecular weight excluding hydrogens is 323 g/mol. The molecule has 4 rings (SSSR count). The van der Waals surface area contributed by atoms with Crippen molar-refractivity contribution in [1.29, 1.82) is 0 Å². The number of fused-ring (bicyclic) bond motifs is 1. The number of carbonyl (C=O) groups is 1. The summed E-state index contributed by atoms with van der Waals surface area (Å²) in [6, 6.07) is 3.66. The molecule has 0 unspecified atom stereocenters. The summed E-state index contributed by atoms with van der Waals surface area (Å²) in [5.74, 6) is 1.07. The normalized spacial score (nSPS) is 20.4. The first kappa shape index (κ1) is 16.6. The molecule has 0 aromatic heterocycles. The predicted octanol–water partition coefficient (Wildman–Crippen LogP) is 3.21. The zero-order valence-electron chi connectivity index (χ0n) is 14.6. The van der Waals surface area contributed by atoms with Crippen molar-refractivity contribution < 1.29 is 18.7 Å². The second-order valence-corrected chi connectivity index (χ2v) is 7.36. The smallest absolute Gasteiger partial charge is 0.317 e. The van der Waals surface area contributed by atoms with Gasteiger partial charge in [0.15, 0.2) is 6.79 Å². The minimum Gasteiger partial charge on any atom is -0.467 e. The summed E-state index contributed by atoms with van der Waals surface area (Å²) < 4.78 is 24.5. The van der Waals surface area contributed by atoms with E-state index in [-0.39, 0.29) is 18.6 Å². The number of hydrogen-bond acceptors (Lipinski definition) is 3. The summed E-state index contributed by atoms with van der Waals surface area (Å²) in [6.07, 6.45) is 5.21. The SMILES string of the molecule is C[C@H](C1CC1)N(C(=O)NCCc1cc(F)cc2c1OCOC2)C1CC1. The molecule has 1 heterocycles. The highest BCUT2D eigenvalue weighted by atomic mass is 19.1. The molecule has 1 aromatic carbocycles. The Labute approximate surface area is 147 Å². The van der Waals surface area contributed by atoms with E-state index in [1.54, 1.807) is 0 Å². The lowest BCUT2D eigenvalue weighted by molar-refractivity contribution is -0.0172. The molecule has 1 aliphatic heterocycles. The van der Waals surface area contributed by atoms with Gasteiger partial charge in [-0.1, -0.05) is 0 Å². The summed E-state index contributed by atoms with van der Waals surface area (Å²) in [5.41, 5.74) is 1.52. The van der Waals surface area contributed by atoms with Gasteiger partial charge in [0.25, 0.3) is 0 Å². The molecule has 6 heteroatoms. The van der Waals surface area contributed by atoms with Gasteiger partial charge in [-0.2, -0.15) is 0 Å². The number of benzene rings is 1. The average molecular weight is 348 g/mol. The third-order valence-corrected chi connectivity index (χ3v) is 5.34. The van der Waals surface area contributed by atoms with Gasteiger partial charge in [-0.05, 0) is 62.6 Å². The van der Waals surface area contributed by atoms with Crippen LogP contribution in [0, 0.1) is 11.7 Å². The van der Waals surface area contributed by atoms with Crippen LogP contribution >= 0.6 is 0 Å². The number of ether oxygens (including phenoxy) is 2. The van der Waals surface area contributed by atoms with E-state index in [1.165, 1.54) is 25.0 Å². The van der Waals surface area contributed by atoms with Crippen LogP contribution < -0.4 is 10.1 Å². The summed E-state index contributed by atoms with van der Waals surface area (Å²) >= 11 is 0. The fourth-order valence-electron chi connectivity index (χ4n) is 3.68. The van der Waals surface area contributed by atoms with Crippen molar-refractivity contribution in [3.8, 4) is 5.75 Å². The van der Waals surface area contributed by atoms with Gasteiger partial charge in [-0.15, -0.1) is 0 Å². The molecular formula is C19H25FN2O3. The monoisotopic (exact) mass is 348 g/mol. The van der Waals surface area contributed by atoms with Gasteiger partial charge in [0.05, 0.1) is 6.61 Å². The molecule has 2 amide bonds. The first-order chi connectivity index (χ1) is 12.1. The Hall–Kier alpha value is -1.82. The van der Waals surface area contributed by atoms with Crippen LogP contribution in [0.5, 0.6) is 5.75 Å². The Kier molecular flexibility index (Phi) is 4.54. The van der Waals surface area contributed by atoms with Gasteiger partial charge in [0.1, 0.15) is 11.6 Å². The van der Waals surface area contributed by atoms with Gasteiger partial charge < -0.3 is 19.7 Å². The second-order valence-electron chi connectivity index (χ2n) is 7.36. The number of carbonyl (C=O) groups excluding carboxylic acids is 1. The van der Waals surface area contributed by atoms with Crippen molar-refractivity contribution in [2.24, 2.45) is 5.92 Å². The highest BCUT2D eigenvalue weighted by Gasteiger charge is 2.41. The molecule has 0 radical (unpaired) electrons. The number of nitrogens with zero attached hydrogens (tertiary/aromatic N) is 1. The zero-order chi connectivity index (χ0) is 17.4. The Balaban J connectivity index is 1.37. The number of hydrogen-bond donors (Lipinski definition) is 1. The summed E-state index contributed by atoms with van der Waals surface area (Å²) in [5, 5.41) is 3.02. The lowest BCUT2D eigenvalue weighted by atomic mass is 10.1. The van der Waals surface area contributed by atoms with E-state index in [0.29, 0.717) is 43.3 Å². The standard InChI is InChI=1S/C19H25FN2O3/c1-12(13-2-3-13)22(17-4-5-17)19(23)21-7-6-14-8-16(20)9-15-10-24-11-25-18(14)15/h8-9,12-13,17H,2-7,10-11H2,1H3,(H,21,23)/t12-/m1/s1. The molecule has 0 bridgehead atoms. The number of rotatable bonds is 6. The van der Waals surface area contributed by atoms with Crippen LogP contribution in [-0.2, 0) is 17.8 Å². The Morgan fingerprint density at radius 2 is 2.16 bits per heavy atom. The molecule has 136 valence electrons. The molecule has 2 fully saturated rings. The van der Waals surface area contributed by atoms with Crippen molar-refractivity contribution in [2.75, 3.05) is 13.3 Å². The fraction of sp³-hybridized carbons (Fsp3) is 0.632. The molecule has 1 atom stereocenters. The van der Waals surface area contributed by atoms with Crippen molar-refractivity contribution in [3.63, 3.8) is 0 Å². The zero-order valence-corrected chi connectivity index (χ0v) is 14.6. The van der Waals surface area contributed by atoms with Gasteiger partial charge in [0, 0.05) is 24.2 Å². The topological polar surface area (TPSA) is 50.8 Å². The Morgan fingerprint density at radius 3 is 2.88 bits per heavy atom. The maximum absolute atomic E-state index is 13.8. The molecule has 2 saturated carbocycles. The summed E-state index contributed by atoms with van der Waals surface area (Å²) in [6.45, 7) is 3.18. The van der Waals surface area contributed by atoms with E-state index >= 15 is 0 Å². The van der Waals surface area contributed by atoms with Crippen LogP contribution in [0.3, 0.4) is 0 Å². The molecule has 1 aromatic rings. The molecule has 2 aliphatic carbocycles.